The molecular weight excluding hydrogens is 276 g/mol. The van der Waals surface area contributed by atoms with Gasteiger partial charge in [0.2, 0.25) is 5.91 Å². The average molecular weight is 296 g/mol. The normalized spacial score (nSPS) is 22.6. The summed E-state index contributed by atoms with van der Waals surface area (Å²) in [5.74, 6) is -1.04. The zero-order valence-electron chi connectivity index (χ0n) is 11.5. The number of primary amides is 1. The number of hydrogen-bond donors (Lipinski definition) is 3. The molecule has 4 N–H and O–H groups in total. The van der Waals surface area contributed by atoms with Crippen LogP contribution in [-0.2, 0) is 11.3 Å². The summed E-state index contributed by atoms with van der Waals surface area (Å²) in [5.41, 5.74) is 6.36. The van der Waals surface area contributed by atoms with E-state index in [-0.39, 0.29) is 11.8 Å². The number of aryl methyl sites for hydroxylation is 1. The van der Waals surface area contributed by atoms with Gasteiger partial charge >= 0.3 is 5.97 Å². The maximum Gasteiger partial charge on any atom is 0.345 e. The van der Waals surface area contributed by atoms with E-state index >= 15 is 0 Å². The number of hydrogen-bond acceptors (Lipinski definition) is 4. The molecule has 1 aliphatic carbocycles. The highest BCUT2D eigenvalue weighted by Crippen LogP contribution is 2.25. The number of amides is 1. The molecule has 5 nitrogen and oxygen atoms in total. The van der Waals surface area contributed by atoms with Crippen molar-refractivity contribution >= 4 is 23.2 Å². The van der Waals surface area contributed by atoms with Gasteiger partial charge in [-0.1, -0.05) is 0 Å². The van der Waals surface area contributed by atoms with Gasteiger partial charge in [-0.05, 0) is 44.2 Å². The molecule has 0 radical (unpaired) electrons. The van der Waals surface area contributed by atoms with Crippen LogP contribution in [0.2, 0.25) is 0 Å². The van der Waals surface area contributed by atoms with E-state index < -0.39 is 5.97 Å². The Bertz CT molecular complexity index is 505. The molecule has 0 saturated heterocycles. The summed E-state index contributed by atoms with van der Waals surface area (Å²) in [6, 6.07) is 2.13. The van der Waals surface area contributed by atoms with Crippen molar-refractivity contribution < 1.29 is 14.7 Å². The van der Waals surface area contributed by atoms with Gasteiger partial charge in [-0.15, -0.1) is 11.3 Å². The molecule has 1 saturated carbocycles. The molecule has 0 bridgehead atoms. The molecule has 1 aromatic heterocycles. The second-order valence-electron chi connectivity index (χ2n) is 5.33. The van der Waals surface area contributed by atoms with Crippen molar-refractivity contribution in [1.29, 1.82) is 0 Å². The standard InChI is InChI=1S/C14H20N2O3S/c1-8-10(6-12(20-8)14(18)19)7-16-11-4-2-9(3-5-11)13(15)17/h6,9,11,16H,2-5,7H2,1H3,(H2,15,17)(H,18,19). The lowest BCUT2D eigenvalue weighted by molar-refractivity contribution is -0.122. The lowest BCUT2D eigenvalue weighted by Crippen LogP contribution is -2.36. The summed E-state index contributed by atoms with van der Waals surface area (Å²) in [5, 5.41) is 12.4. The maximum absolute atomic E-state index is 11.1. The summed E-state index contributed by atoms with van der Waals surface area (Å²) in [6.07, 6.45) is 3.58. The van der Waals surface area contributed by atoms with Crippen molar-refractivity contribution in [1.82, 2.24) is 5.32 Å². The molecule has 1 aromatic rings. The predicted molar refractivity (Wildman–Crippen MR) is 77.8 cm³/mol. The van der Waals surface area contributed by atoms with Gasteiger partial charge in [-0.3, -0.25) is 4.79 Å². The van der Waals surface area contributed by atoms with Gasteiger partial charge in [-0.2, -0.15) is 0 Å². The molecule has 0 aromatic carbocycles. The van der Waals surface area contributed by atoms with E-state index in [0.717, 1.165) is 36.1 Å². The van der Waals surface area contributed by atoms with E-state index in [2.05, 4.69) is 5.32 Å². The first-order valence-electron chi connectivity index (χ1n) is 6.82. The smallest absolute Gasteiger partial charge is 0.345 e. The van der Waals surface area contributed by atoms with E-state index in [1.165, 1.54) is 11.3 Å². The summed E-state index contributed by atoms with van der Waals surface area (Å²) >= 11 is 1.31. The first kappa shape index (κ1) is 15.0. The molecule has 0 unspecified atom stereocenters. The van der Waals surface area contributed by atoms with Crippen LogP contribution in [0.3, 0.4) is 0 Å². The van der Waals surface area contributed by atoms with Crippen molar-refractivity contribution in [3.8, 4) is 0 Å². The molecule has 0 spiro atoms. The van der Waals surface area contributed by atoms with Gasteiger partial charge < -0.3 is 16.2 Å². The second kappa shape index (κ2) is 6.37. The quantitative estimate of drug-likeness (QED) is 0.773. The number of carbonyl (C=O) groups excluding carboxylic acids is 1. The van der Waals surface area contributed by atoms with Crippen LogP contribution < -0.4 is 11.1 Å². The molecular formula is C14H20N2O3S. The number of carboxylic acids is 1. The van der Waals surface area contributed by atoms with Gasteiger partial charge in [0, 0.05) is 23.4 Å². The zero-order valence-corrected chi connectivity index (χ0v) is 12.3. The van der Waals surface area contributed by atoms with Gasteiger partial charge in [-0.25, -0.2) is 4.79 Å². The van der Waals surface area contributed by atoms with E-state index in [1.807, 2.05) is 6.92 Å². The number of carboxylic acid groups (broad SMARTS) is 1. The molecule has 1 heterocycles. The minimum atomic E-state index is -0.869. The third-order valence-electron chi connectivity index (χ3n) is 3.94. The Kier molecular flexibility index (Phi) is 4.77. The highest BCUT2D eigenvalue weighted by molar-refractivity contribution is 7.14. The van der Waals surface area contributed by atoms with Crippen molar-refractivity contribution in [2.45, 2.75) is 45.2 Å². The van der Waals surface area contributed by atoms with Crippen molar-refractivity contribution in [2.24, 2.45) is 11.7 Å². The first-order valence-corrected chi connectivity index (χ1v) is 7.64. The Labute approximate surface area is 122 Å². The molecule has 110 valence electrons. The fourth-order valence-corrected chi connectivity index (χ4v) is 3.52. The Morgan fingerprint density at radius 3 is 2.55 bits per heavy atom. The summed E-state index contributed by atoms with van der Waals surface area (Å²) in [4.78, 5) is 23.4. The number of rotatable bonds is 5. The van der Waals surface area contributed by atoms with Gasteiger partial charge in [0.1, 0.15) is 4.88 Å². The van der Waals surface area contributed by atoms with E-state index in [9.17, 15) is 9.59 Å². The largest absolute Gasteiger partial charge is 0.477 e. The third-order valence-corrected chi connectivity index (χ3v) is 5.02. The van der Waals surface area contributed by atoms with Crippen LogP contribution in [0.1, 0.15) is 45.8 Å². The number of carbonyl (C=O) groups is 2. The SMILES string of the molecule is Cc1sc(C(=O)O)cc1CNC1CCC(C(N)=O)CC1. The minimum absolute atomic E-state index is 0.0227. The highest BCUT2D eigenvalue weighted by Gasteiger charge is 2.24. The van der Waals surface area contributed by atoms with Crippen molar-refractivity contribution in [2.75, 3.05) is 0 Å². The fraction of sp³-hybridized carbons (Fsp3) is 0.571. The van der Waals surface area contributed by atoms with E-state index in [4.69, 9.17) is 10.8 Å². The number of nitrogens with one attached hydrogen (secondary N) is 1. The lowest BCUT2D eigenvalue weighted by atomic mass is 9.85. The number of nitrogens with two attached hydrogens (primary N) is 1. The van der Waals surface area contributed by atoms with Crippen molar-refractivity contribution in [3.63, 3.8) is 0 Å². The molecule has 0 aliphatic heterocycles. The first-order chi connectivity index (χ1) is 9.47. The Balaban J connectivity index is 1.84. The second-order valence-corrected chi connectivity index (χ2v) is 6.59. The predicted octanol–water partition coefficient (Wildman–Crippen LogP) is 1.89. The van der Waals surface area contributed by atoms with Crippen LogP contribution in [0.5, 0.6) is 0 Å². The van der Waals surface area contributed by atoms with Crippen LogP contribution in [0.25, 0.3) is 0 Å². The Hall–Kier alpha value is -1.40. The molecule has 1 fully saturated rings. The van der Waals surface area contributed by atoms with Crippen LogP contribution in [0.15, 0.2) is 6.07 Å². The fourth-order valence-electron chi connectivity index (χ4n) is 2.64. The Morgan fingerprint density at radius 2 is 2.05 bits per heavy atom. The van der Waals surface area contributed by atoms with Gasteiger partial charge in [0.15, 0.2) is 0 Å². The summed E-state index contributed by atoms with van der Waals surface area (Å²) in [7, 11) is 0. The molecule has 6 heteroatoms. The van der Waals surface area contributed by atoms with Crippen LogP contribution in [0, 0.1) is 12.8 Å². The van der Waals surface area contributed by atoms with Crippen molar-refractivity contribution in [3.05, 3.63) is 21.4 Å². The monoisotopic (exact) mass is 296 g/mol. The van der Waals surface area contributed by atoms with Crippen LogP contribution >= 0.6 is 11.3 Å². The van der Waals surface area contributed by atoms with E-state index in [0.29, 0.717) is 17.5 Å². The lowest BCUT2D eigenvalue weighted by Gasteiger charge is -2.27. The maximum atomic E-state index is 11.1. The number of thiophene rings is 1. The summed E-state index contributed by atoms with van der Waals surface area (Å²) in [6.45, 7) is 2.62. The summed E-state index contributed by atoms with van der Waals surface area (Å²) < 4.78 is 0. The van der Waals surface area contributed by atoms with E-state index in [1.54, 1.807) is 6.07 Å². The third kappa shape index (κ3) is 3.58. The Morgan fingerprint density at radius 1 is 1.40 bits per heavy atom. The number of aromatic carboxylic acids is 1. The van der Waals surface area contributed by atoms with Gasteiger partial charge in [0.25, 0.3) is 0 Å². The average Bonchev–Trinajstić information content (AvgIpc) is 2.78. The molecule has 1 aliphatic rings. The zero-order chi connectivity index (χ0) is 14.7. The van der Waals surface area contributed by atoms with Crippen LogP contribution in [-0.4, -0.2) is 23.0 Å². The molecule has 0 atom stereocenters. The molecule has 2 rings (SSSR count). The molecule has 20 heavy (non-hydrogen) atoms. The minimum Gasteiger partial charge on any atom is -0.477 e. The topological polar surface area (TPSA) is 92.4 Å². The van der Waals surface area contributed by atoms with Gasteiger partial charge in [0.05, 0.1) is 0 Å². The van der Waals surface area contributed by atoms with Crippen LogP contribution in [0.4, 0.5) is 0 Å². The highest BCUT2D eigenvalue weighted by atomic mass is 32.1. The molecule has 1 amide bonds.